The van der Waals surface area contributed by atoms with Crippen molar-refractivity contribution in [3.05, 3.63) is 54.0 Å². The van der Waals surface area contributed by atoms with Crippen LogP contribution < -0.4 is 15.0 Å². The fourth-order valence-electron chi connectivity index (χ4n) is 3.73. The van der Waals surface area contributed by atoms with Crippen LogP contribution in [0.5, 0.6) is 5.75 Å². The molecule has 0 bridgehead atoms. The van der Waals surface area contributed by atoms with Crippen molar-refractivity contribution in [1.82, 2.24) is 15.3 Å². The van der Waals surface area contributed by atoms with E-state index in [4.69, 9.17) is 4.74 Å². The van der Waals surface area contributed by atoms with Crippen molar-refractivity contribution in [1.29, 1.82) is 0 Å². The number of anilines is 1. The summed E-state index contributed by atoms with van der Waals surface area (Å²) in [7, 11) is 1.59. The third-order valence-corrected chi connectivity index (χ3v) is 5.12. The van der Waals surface area contributed by atoms with Gasteiger partial charge in [0.2, 0.25) is 5.91 Å². The van der Waals surface area contributed by atoms with E-state index in [-0.39, 0.29) is 11.8 Å². The van der Waals surface area contributed by atoms with Crippen molar-refractivity contribution in [3.8, 4) is 5.75 Å². The maximum atomic E-state index is 13.0. The first-order chi connectivity index (χ1) is 13.6. The van der Waals surface area contributed by atoms with Crippen LogP contribution in [-0.2, 0) is 4.79 Å². The second kappa shape index (κ2) is 7.34. The number of H-pyrrole nitrogens is 1. The number of benzene rings is 1. The molecule has 7 heteroatoms. The van der Waals surface area contributed by atoms with Crippen molar-refractivity contribution in [2.45, 2.75) is 25.8 Å². The number of fused-ring (bicyclic) bond motifs is 1. The fraction of sp³-hybridized carbons (Fsp3) is 0.286. The average Bonchev–Trinajstić information content (AvgIpc) is 3.05. The molecule has 2 aromatic heterocycles. The van der Waals surface area contributed by atoms with Crippen molar-refractivity contribution < 1.29 is 14.3 Å². The molecule has 1 aliphatic heterocycles. The average molecular weight is 378 g/mol. The van der Waals surface area contributed by atoms with Crippen LogP contribution in [0.15, 0.2) is 42.7 Å². The quantitative estimate of drug-likeness (QED) is 0.731. The van der Waals surface area contributed by atoms with Gasteiger partial charge in [0.25, 0.3) is 5.91 Å². The summed E-state index contributed by atoms with van der Waals surface area (Å²) in [5.74, 6) is 0.308. The lowest BCUT2D eigenvalue weighted by molar-refractivity contribution is -0.121. The Morgan fingerprint density at radius 2 is 2.21 bits per heavy atom. The number of nitrogens with zero attached hydrogens (tertiary/aromatic N) is 2. The number of amides is 2. The van der Waals surface area contributed by atoms with Gasteiger partial charge in [0, 0.05) is 29.3 Å². The van der Waals surface area contributed by atoms with Gasteiger partial charge >= 0.3 is 0 Å². The number of hydrogen-bond donors (Lipinski definition) is 2. The molecule has 2 N–H and O–H groups in total. The highest BCUT2D eigenvalue weighted by molar-refractivity contribution is 6.10. The molecule has 1 unspecified atom stereocenters. The number of ether oxygens (including phenoxy) is 1. The van der Waals surface area contributed by atoms with Crippen molar-refractivity contribution in [2.24, 2.45) is 0 Å². The monoisotopic (exact) mass is 378 g/mol. The second-order valence-corrected chi connectivity index (χ2v) is 6.91. The molecule has 1 fully saturated rings. The molecular weight excluding hydrogens is 356 g/mol. The number of rotatable bonds is 4. The number of hydrogen-bond acceptors (Lipinski definition) is 4. The number of carbonyl (C=O) groups excluding carboxylic acids is 2. The third-order valence-electron chi connectivity index (χ3n) is 5.12. The molecule has 0 radical (unpaired) electrons. The fourth-order valence-corrected chi connectivity index (χ4v) is 3.73. The van der Waals surface area contributed by atoms with Crippen LogP contribution in [0.25, 0.3) is 10.9 Å². The Bertz CT molecular complexity index is 1030. The number of pyridine rings is 1. The minimum absolute atomic E-state index is 0.109. The summed E-state index contributed by atoms with van der Waals surface area (Å²) in [5, 5.41) is 3.71. The minimum Gasteiger partial charge on any atom is -0.497 e. The molecule has 1 aromatic carbocycles. The van der Waals surface area contributed by atoms with Gasteiger partial charge in [-0.1, -0.05) is 0 Å². The Kier molecular flexibility index (Phi) is 4.73. The van der Waals surface area contributed by atoms with Crippen LogP contribution in [0.4, 0.5) is 5.69 Å². The minimum atomic E-state index is -0.559. The molecule has 144 valence electrons. The number of nitrogens with one attached hydrogen (secondary N) is 2. The third kappa shape index (κ3) is 3.19. The largest absolute Gasteiger partial charge is 0.497 e. The Balaban J connectivity index is 1.59. The van der Waals surface area contributed by atoms with E-state index in [1.165, 1.54) is 0 Å². The van der Waals surface area contributed by atoms with E-state index in [0.717, 1.165) is 28.7 Å². The van der Waals surface area contributed by atoms with Gasteiger partial charge in [-0.2, -0.15) is 0 Å². The highest BCUT2D eigenvalue weighted by Gasteiger charge is 2.32. The molecule has 7 nitrogen and oxygen atoms in total. The molecule has 0 spiro atoms. The van der Waals surface area contributed by atoms with Crippen molar-refractivity contribution >= 4 is 28.4 Å². The zero-order valence-electron chi connectivity index (χ0n) is 15.9. The lowest BCUT2D eigenvalue weighted by atomic mass is 10.0. The standard InChI is InChI=1S/C21H22N4O3/c1-13-19(16-11-15(28-2)7-8-17(16)23-13)20(26)24-18-6-4-10-25(21(18)27)14-5-3-9-22-12-14/h3,5,7-9,11-12,18,23H,4,6,10H2,1-2H3,(H,24,26). The van der Waals surface area contributed by atoms with Gasteiger partial charge in [0.1, 0.15) is 11.8 Å². The van der Waals surface area contributed by atoms with Crippen LogP contribution in [-0.4, -0.2) is 41.5 Å². The van der Waals surface area contributed by atoms with E-state index in [1.54, 1.807) is 30.5 Å². The van der Waals surface area contributed by atoms with Gasteiger partial charge in [-0.3, -0.25) is 14.6 Å². The summed E-state index contributed by atoms with van der Waals surface area (Å²) in [6.07, 6.45) is 4.77. The van der Waals surface area contributed by atoms with Crippen LogP contribution >= 0.6 is 0 Å². The SMILES string of the molecule is COc1ccc2[nH]c(C)c(C(=O)NC3CCCN(c4cccnc4)C3=O)c2c1. The van der Waals surface area contributed by atoms with Gasteiger partial charge < -0.3 is 19.9 Å². The molecule has 28 heavy (non-hydrogen) atoms. The molecule has 0 saturated carbocycles. The molecule has 0 aliphatic carbocycles. The Morgan fingerprint density at radius 1 is 1.36 bits per heavy atom. The summed E-state index contributed by atoms with van der Waals surface area (Å²) in [5.41, 5.74) is 2.91. The van der Waals surface area contributed by atoms with E-state index in [1.807, 2.05) is 31.2 Å². The summed E-state index contributed by atoms with van der Waals surface area (Å²) in [4.78, 5) is 35.0. The smallest absolute Gasteiger partial charge is 0.254 e. The first-order valence-electron chi connectivity index (χ1n) is 9.27. The van der Waals surface area contributed by atoms with Crippen molar-refractivity contribution in [2.75, 3.05) is 18.6 Å². The topological polar surface area (TPSA) is 87.3 Å². The van der Waals surface area contributed by atoms with Gasteiger partial charge in [-0.15, -0.1) is 0 Å². The maximum Gasteiger partial charge on any atom is 0.254 e. The molecular formula is C21H22N4O3. The maximum absolute atomic E-state index is 13.0. The summed E-state index contributed by atoms with van der Waals surface area (Å²) >= 11 is 0. The zero-order valence-corrected chi connectivity index (χ0v) is 15.9. The van der Waals surface area contributed by atoms with Crippen LogP contribution in [0.1, 0.15) is 28.9 Å². The molecule has 1 saturated heterocycles. The van der Waals surface area contributed by atoms with E-state index in [0.29, 0.717) is 24.3 Å². The number of piperidine rings is 1. The normalized spacial score (nSPS) is 17.0. The Morgan fingerprint density at radius 3 is 2.96 bits per heavy atom. The molecule has 4 rings (SSSR count). The number of methoxy groups -OCH3 is 1. The Labute approximate surface area is 162 Å². The highest BCUT2D eigenvalue weighted by Crippen LogP contribution is 2.27. The number of aromatic nitrogens is 2. The number of aromatic amines is 1. The van der Waals surface area contributed by atoms with Crippen LogP contribution in [0.3, 0.4) is 0 Å². The van der Waals surface area contributed by atoms with E-state index < -0.39 is 6.04 Å². The molecule has 2 amide bonds. The van der Waals surface area contributed by atoms with E-state index >= 15 is 0 Å². The Hall–Kier alpha value is -3.35. The van der Waals surface area contributed by atoms with Crippen LogP contribution in [0.2, 0.25) is 0 Å². The number of aryl methyl sites for hydroxylation is 1. The lowest BCUT2D eigenvalue weighted by Crippen LogP contribution is -2.52. The molecule has 3 aromatic rings. The predicted octanol–water partition coefficient (Wildman–Crippen LogP) is 2.81. The summed E-state index contributed by atoms with van der Waals surface area (Å²) in [6.45, 7) is 2.48. The molecule has 1 aliphatic rings. The molecule has 3 heterocycles. The number of carbonyl (C=O) groups is 2. The molecule has 1 atom stereocenters. The van der Waals surface area contributed by atoms with Crippen molar-refractivity contribution in [3.63, 3.8) is 0 Å². The van der Waals surface area contributed by atoms with E-state index in [9.17, 15) is 9.59 Å². The zero-order chi connectivity index (χ0) is 19.7. The predicted molar refractivity (Wildman–Crippen MR) is 107 cm³/mol. The van der Waals surface area contributed by atoms with Gasteiger partial charge in [0.15, 0.2) is 0 Å². The second-order valence-electron chi connectivity index (χ2n) is 6.91. The lowest BCUT2D eigenvalue weighted by Gasteiger charge is -2.32. The highest BCUT2D eigenvalue weighted by atomic mass is 16.5. The summed E-state index contributed by atoms with van der Waals surface area (Å²) in [6, 6.07) is 8.65. The van der Waals surface area contributed by atoms with Gasteiger partial charge in [-0.05, 0) is 50.1 Å². The first-order valence-corrected chi connectivity index (χ1v) is 9.27. The van der Waals surface area contributed by atoms with Gasteiger partial charge in [-0.25, -0.2) is 0 Å². The van der Waals surface area contributed by atoms with E-state index in [2.05, 4.69) is 15.3 Å². The first kappa shape index (κ1) is 18.0. The van der Waals surface area contributed by atoms with Crippen LogP contribution in [0, 0.1) is 6.92 Å². The van der Waals surface area contributed by atoms with Gasteiger partial charge in [0.05, 0.1) is 24.6 Å². The summed E-state index contributed by atoms with van der Waals surface area (Å²) < 4.78 is 5.28.